The summed E-state index contributed by atoms with van der Waals surface area (Å²) in [4.78, 5) is 28.9. The van der Waals surface area contributed by atoms with Crippen LogP contribution in [0.25, 0.3) is 21.5 Å². The summed E-state index contributed by atoms with van der Waals surface area (Å²) in [7, 11) is 3.41. The first-order chi connectivity index (χ1) is 16.8. The van der Waals surface area contributed by atoms with Gasteiger partial charge in [0.15, 0.2) is 12.4 Å². The molecule has 4 heterocycles. The average Bonchev–Trinajstić information content (AvgIpc) is 3.30. The molecule has 0 spiro atoms. The molecule has 9 nitrogen and oxygen atoms in total. The van der Waals surface area contributed by atoms with Crippen LogP contribution < -0.4 is 15.4 Å². The SMILES string of the molecule is COCc1ncc(-c2ccc3ncc4nc3c2OCC(F)(F)CNC(=O)[C@@H]2C[C@H](CCN2C)N4)s1. The zero-order valence-corrected chi connectivity index (χ0v) is 20.2. The van der Waals surface area contributed by atoms with E-state index in [-0.39, 0.29) is 11.8 Å². The number of aromatic nitrogens is 3. The molecule has 1 aromatic carbocycles. The number of methoxy groups -OCH3 is 1. The van der Waals surface area contributed by atoms with Crippen LogP contribution in [0, 0.1) is 0 Å². The Morgan fingerprint density at radius 1 is 1.31 bits per heavy atom. The number of nitrogens with zero attached hydrogens (tertiary/aromatic N) is 4. The molecule has 0 unspecified atom stereocenters. The number of likely N-dealkylation sites (N-methyl/N-ethyl adjacent to an activating group) is 1. The van der Waals surface area contributed by atoms with E-state index in [1.807, 2.05) is 11.9 Å². The molecule has 2 N–H and O–H groups in total. The second-order valence-electron chi connectivity index (χ2n) is 8.84. The molecular formula is C23H26F2N6O3S. The number of benzene rings is 1. The molecular weight excluding hydrogens is 478 g/mol. The first-order valence-electron chi connectivity index (χ1n) is 11.3. The number of nitrogens with one attached hydrogen (secondary N) is 2. The van der Waals surface area contributed by atoms with Gasteiger partial charge in [0.25, 0.3) is 5.92 Å². The Hall–Kier alpha value is -2.96. The van der Waals surface area contributed by atoms with E-state index >= 15 is 0 Å². The minimum atomic E-state index is -3.29. The number of hydrogen-bond acceptors (Lipinski definition) is 9. The Labute approximate surface area is 204 Å². The van der Waals surface area contributed by atoms with Gasteiger partial charge in [-0.2, -0.15) is 0 Å². The van der Waals surface area contributed by atoms with Crippen LogP contribution in [0.2, 0.25) is 0 Å². The molecule has 1 fully saturated rings. The number of alkyl halides is 2. The Kier molecular flexibility index (Phi) is 6.51. The van der Waals surface area contributed by atoms with E-state index in [9.17, 15) is 13.6 Å². The molecule has 12 heteroatoms. The topological polar surface area (TPSA) is 102 Å². The number of carbonyl (C=O) groups is 1. The lowest BCUT2D eigenvalue weighted by Crippen LogP contribution is -2.54. The summed E-state index contributed by atoms with van der Waals surface area (Å²) in [5.74, 6) is -3.00. The molecule has 0 radical (unpaired) electrons. The molecule has 1 amide bonds. The fourth-order valence-corrected chi connectivity index (χ4v) is 5.29. The first-order valence-corrected chi connectivity index (χ1v) is 12.1. The fourth-order valence-electron chi connectivity index (χ4n) is 4.38. The molecule has 5 rings (SSSR count). The third kappa shape index (κ3) is 5.04. The molecule has 2 aliphatic heterocycles. The third-order valence-corrected chi connectivity index (χ3v) is 7.23. The van der Waals surface area contributed by atoms with Gasteiger partial charge in [-0.15, -0.1) is 11.3 Å². The van der Waals surface area contributed by atoms with E-state index in [2.05, 4.69) is 20.6 Å². The Morgan fingerprint density at radius 3 is 3.00 bits per heavy atom. The van der Waals surface area contributed by atoms with E-state index in [1.54, 1.807) is 31.6 Å². The van der Waals surface area contributed by atoms with Crippen molar-refractivity contribution in [3.8, 4) is 16.2 Å². The smallest absolute Gasteiger partial charge is 0.298 e. The van der Waals surface area contributed by atoms with Crippen LogP contribution in [-0.4, -0.2) is 77.6 Å². The normalized spacial score (nSPS) is 22.8. The number of rotatable bonds is 3. The van der Waals surface area contributed by atoms with Crippen molar-refractivity contribution < 1.29 is 23.0 Å². The quantitative estimate of drug-likeness (QED) is 0.562. The fraction of sp³-hybridized carbons (Fsp3) is 0.478. The van der Waals surface area contributed by atoms with E-state index < -0.39 is 31.0 Å². The van der Waals surface area contributed by atoms with Crippen LogP contribution in [-0.2, 0) is 16.1 Å². The van der Waals surface area contributed by atoms with Gasteiger partial charge in [0, 0.05) is 31.5 Å². The summed E-state index contributed by atoms with van der Waals surface area (Å²) < 4.78 is 40.6. The molecule has 0 aliphatic carbocycles. The van der Waals surface area contributed by atoms with Gasteiger partial charge in [-0.05, 0) is 32.0 Å². The molecule has 3 aromatic rings. The van der Waals surface area contributed by atoms with E-state index in [4.69, 9.17) is 14.5 Å². The second kappa shape index (κ2) is 9.59. The van der Waals surface area contributed by atoms with E-state index in [1.165, 1.54) is 11.3 Å². The third-order valence-electron chi connectivity index (χ3n) is 6.23. The lowest BCUT2D eigenvalue weighted by atomic mass is 9.97. The summed E-state index contributed by atoms with van der Waals surface area (Å²) in [6.45, 7) is -0.742. The highest BCUT2D eigenvalue weighted by atomic mass is 32.1. The maximum Gasteiger partial charge on any atom is 0.298 e. The van der Waals surface area contributed by atoms with Gasteiger partial charge in [-0.25, -0.2) is 18.7 Å². The lowest BCUT2D eigenvalue weighted by molar-refractivity contribution is -0.129. The van der Waals surface area contributed by atoms with Gasteiger partial charge in [0.1, 0.15) is 16.3 Å². The van der Waals surface area contributed by atoms with E-state index in [0.29, 0.717) is 42.0 Å². The second-order valence-corrected chi connectivity index (χ2v) is 9.96. The molecule has 2 aromatic heterocycles. The minimum Gasteiger partial charge on any atom is -0.484 e. The van der Waals surface area contributed by atoms with Crippen molar-refractivity contribution in [2.24, 2.45) is 0 Å². The number of anilines is 1. The van der Waals surface area contributed by atoms with Crippen molar-refractivity contribution in [3.05, 3.63) is 29.5 Å². The predicted molar refractivity (Wildman–Crippen MR) is 128 cm³/mol. The highest BCUT2D eigenvalue weighted by Crippen LogP contribution is 2.39. The predicted octanol–water partition coefficient (Wildman–Crippen LogP) is 2.92. The van der Waals surface area contributed by atoms with Gasteiger partial charge >= 0.3 is 0 Å². The van der Waals surface area contributed by atoms with Crippen molar-refractivity contribution in [2.45, 2.75) is 37.5 Å². The van der Waals surface area contributed by atoms with Crippen LogP contribution in [0.3, 0.4) is 0 Å². The maximum atomic E-state index is 14.8. The van der Waals surface area contributed by atoms with Crippen molar-refractivity contribution in [2.75, 3.05) is 39.2 Å². The Balaban J connectivity index is 1.59. The Bertz CT molecular complexity index is 1240. The molecule has 4 bridgehead atoms. The monoisotopic (exact) mass is 504 g/mol. The average molecular weight is 505 g/mol. The van der Waals surface area contributed by atoms with Crippen molar-refractivity contribution in [3.63, 3.8) is 0 Å². The Morgan fingerprint density at radius 2 is 2.17 bits per heavy atom. The summed E-state index contributed by atoms with van der Waals surface area (Å²) in [6, 6.07) is 3.00. The van der Waals surface area contributed by atoms with Crippen LogP contribution in [0.15, 0.2) is 24.5 Å². The van der Waals surface area contributed by atoms with Gasteiger partial charge in [-0.1, -0.05) is 0 Å². The van der Waals surface area contributed by atoms with Gasteiger partial charge in [-0.3, -0.25) is 14.7 Å². The molecule has 1 saturated heterocycles. The number of ether oxygens (including phenoxy) is 2. The van der Waals surface area contributed by atoms with Gasteiger partial charge in [0.2, 0.25) is 5.91 Å². The summed E-state index contributed by atoms with van der Waals surface area (Å²) >= 11 is 1.39. The number of likely N-dealkylation sites (tertiary alicyclic amines) is 1. The molecule has 0 saturated carbocycles. The summed E-state index contributed by atoms with van der Waals surface area (Å²) in [5, 5.41) is 6.55. The lowest BCUT2D eigenvalue weighted by Gasteiger charge is -2.37. The minimum absolute atomic E-state index is 0.0530. The molecule has 35 heavy (non-hydrogen) atoms. The van der Waals surface area contributed by atoms with Crippen molar-refractivity contribution in [1.29, 1.82) is 0 Å². The number of thiazole rings is 1. The standard InChI is InChI=1S/C23H26F2N6O3S/c1-31-6-5-13-7-16(31)22(32)28-11-23(24,25)12-34-21-14(17-8-27-19(35-17)10-33-2)3-4-15-20(21)30-18(29-13)9-26-15/h3-4,8-9,13,16H,5-7,10-12H2,1-2H3,(H,28,32)(H,29,30)/t13-,16-/m0/s1. The summed E-state index contributed by atoms with van der Waals surface area (Å²) in [6.07, 6.45) is 4.53. The van der Waals surface area contributed by atoms with Crippen molar-refractivity contribution >= 4 is 34.1 Å². The maximum absolute atomic E-state index is 14.8. The van der Waals surface area contributed by atoms with Crippen LogP contribution in [0.1, 0.15) is 17.8 Å². The number of carbonyl (C=O) groups excluding carboxylic acids is 1. The van der Waals surface area contributed by atoms with Gasteiger partial charge < -0.3 is 20.1 Å². The largest absolute Gasteiger partial charge is 0.484 e. The number of amides is 1. The molecule has 2 aliphatic rings. The summed E-state index contributed by atoms with van der Waals surface area (Å²) in [5.41, 5.74) is 1.51. The number of hydrogen-bond donors (Lipinski definition) is 2. The molecule has 186 valence electrons. The molecule has 2 atom stereocenters. The zero-order valence-electron chi connectivity index (χ0n) is 19.4. The van der Waals surface area contributed by atoms with Crippen molar-refractivity contribution in [1.82, 2.24) is 25.2 Å². The van der Waals surface area contributed by atoms with E-state index in [0.717, 1.165) is 16.3 Å². The van der Waals surface area contributed by atoms with Gasteiger partial charge in [0.05, 0.1) is 35.8 Å². The highest BCUT2D eigenvalue weighted by Gasteiger charge is 2.36. The highest BCUT2D eigenvalue weighted by molar-refractivity contribution is 7.15. The van der Waals surface area contributed by atoms with Crippen LogP contribution in [0.5, 0.6) is 5.75 Å². The first kappa shape index (κ1) is 23.8. The number of halogens is 2. The van der Waals surface area contributed by atoms with Crippen LogP contribution >= 0.6 is 11.3 Å². The number of fused-ring (bicyclic) bond motifs is 3. The van der Waals surface area contributed by atoms with Crippen LogP contribution in [0.4, 0.5) is 14.6 Å². The zero-order chi connectivity index (χ0) is 24.6. The number of piperidine rings is 1.